The predicted molar refractivity (Wildman–Crippen MR) is 70.4 cm³/mol. The van der Waals surface area contributed by atoms with Gasteiger partial charge >= 0.3 is 5.97 Å². The van der Waals surface area contributed by atoms with Crippen LogP contribution in [0.15, 0.2) is 30.5 Å². The van der Waals surface area contributed by atoms with E-state index in [0.29, 0.717) is 0 Å². The molecule has 0 radical (unpaired) electrons. The minimum absolute atomic E-state index is 0.173. The Kier molecular flexibility index (Phi) is 3.53. The molecule has 0 saturated carbocycles. The lowest BCUT2D eigenvalue weighted by Crippen LogP contribution is -2.41. The van der Waals surface area contributed by atoms with Crippen molar-refractivity contribution in [3.05, 3.63) is 36.0 Å². The Morgan fingerprint density at radius 1 is 1.42 bits per heavy atom. The number of hydrogen-bond acceptors (Lipinski definition) is 2. The molecule has 5 nitrogen and oxygen atoms in total. The first-order valence-electron chi connectivity index (χ1n) is 5.66. The van der Waals surface area contributed by atoms with Gasteiger partial charge in [0.1, 0.15) is 6.04 Å². The van der Waals surface area contributed by atoms with Crippen LogP contribution in [-0.2, 0) is 16.0 Å². The molecule has 0 bridgehead atoms. The number of carbonyl (C=O) groups excluding carboxylic acids is 1. The third-order valence-corrected chi connectivity index (χ3v) is 2.83. The average Bonchev–Trinajstić information content (AvgIpc) is 2.81. The maximum atomic E-state index is 11.1. The van der Waals surface area contributed by atoms with Gasteiger partial charge in [-0.2, -0.15) is 0 Å². The van der Waals surface area contributed by atoms with E-state index in [4.69, 9.17) is 11.5 Å². The zero-order valence-electron chi connectivity index (χ0n) is 10.0. The number of aliphatic carboxylic acids is 1. The molecule has 1 atom stereocenters. The number of amides is 1. The minimum atomic E-state index is -1.12. The van der Waals surface area contributed by atoms with Gasteiger partial charge in [0.05, 0.1) is 0 Å². The van der Waals surface area contributed by atoms with Crippen LogP contribution in [0.5, 0.6) is 0 Å². The molecule has 0 fully saturated rings. The number of carboxylic acids is 1. The first-order chi connectivity index (χ1) is 9.11. The Balaban J connectivity index is 2.24. The average molecular weight is 256 g/mol. The van der Waals surface area contributed by atoms with Crippen molar-refractivity contribution in [2.45, 2.75) is 12.5 Å². The van der Waals surface area contributed by atoms with E-state index in [1.807, 2.05) is 30.2 Å². The summed E-state index contributed by atoms with van der Waals surface area (Å²) in [6.45, 7) is 0. The Bertz CT molecular complexity index is 667. The van der Waals surface area contributed by atoms with Gasteiger partial charge in [0, 0.05) is 23.5 Å². The number of fused-ring (bicyclic) bond motifs is 1. The van der Waals surface area contributed by atoms with Crippen molar-refractivity contribution in [2.24, 2.45) is 0 Å². The summed E-state index contributed by atoms with van der Waals surface area (Å²) in [5.41, 5.74) is 1.74. The molecule has 96 valence electrons. The zero-order chi connectivity index (χ0) is 13.8. The van der Waals surface area contributed by atoms with Crippen LogP contribution >= 0.6 is 0 Å². The summed E-state index contributed by atoms with van der Waals surface area (Å²) in [5.74, 6) is -0.000284. The number of carbonyl (C=O) groups is 2. The molecule has 1 aromatic carbocycles. The molecule has 0 saturated heterocycles. The minimum Gasteiger partial charge on any atom is -0.480 e. The molecule has 3 N–H and O–H groups in total. The van der Waals surface area contributed by atoms with E-state index < -0.39 is 17.9 Å². The Morgan fingerprint density at radius 2 is 2.16 bits per heavy atom. The van der Waals surface area contributed by atoms with Crippen molar-refractivity contribution >= 4 is 22.8 Å². The quantitative estimate of drug-likeness (QED) is 0.711. The lowest BCUT2D eigenvalue weighted by atomic mass is 10.1. The highest BCUT2D eigenvalue weighted by Crippen LogP contribution is 2.19. The molecule has 0 aliphatic rings. The molecule has 5 heteroatoms. The summed E-state index contributed by atoms with van der Waals surface area (Å²) in [6, 6.07) is 6.51. The van der Waals surface area contributed by atoms with Crippen LogP contribution in [0.4, 0.5) is 0 Å². The number of nitrogens with one attached hydrogen (secondary N) is 2. The molecule has 2 rings (SSSR count). The van der Waals surface area contributed by atoms with Crippen LogP contribution in [-0.4, -0.2) is 28.0 Å². The molecule has 0 spiro atoms. The number of hydrogen-bond donors (Lipinski definition) is 3. The predicted octanol–water partition coefficient (Wildman–Crippen LogP) is 0.913. The lowest BCUT2D eigenvalue weighted by molar-refractivity contribution is -0.141. The molecule has 19 heavy (non-hydrogen) atoms. The number of aromatic amines is 1. The first-order valence-corrected chi connectivity index (χ1v) is 5.66. The third kappa shape index (κ3) is 2.75. The smallest absolute Gasteiger partial charge is 0.326 e. The molecule has 1 aromatic heterocycles. The van der Waals surface area contributed by atoms with Crippen LogP contribution in [0.3, 0.4) is 0 Å². The van der Waals surface area contributed by atoms with Crippen LogP contribution in [0.25, 0.3) is 10.9 Å². The largest absolute Gasteiger partial charge is 0.480 e. The van der Waals surface area contributed by atoms with Crippen molar-refractivity contribution < 1.29 is 14.7 Å². The van der Waals surface area contributed by atoms with Crippen molar-refractivity contribution in [3.63, 3.8) is 0 Å². The van der Waals surface area contributed by atoms with Gasteiger partial charge in [0.15, 0.2) is 0 Å². The van der Waals surface area contributed by atoms with Gasteiger partial charge in [-0.1, -0.05) is 18.2 Å². The highest BCUT2D eigenvalue weighted by atomic mass is 16.4. The summed E-state index contributed by atoms with van der Waals surface area (Å²) in [4.78, 5) is 25.3. The maximum absolute atomic E-state index is 11.1. The van der Waals surface area contributed by atoms with Crippen LogP contribution in [0.1, 0.15) is 5.56 Å². The standard InChI is InChI=1S/C14H12N2O3/c1-2-13(17)16-12(14(18)19)7-9-8-15-11-6-4-3-5-10(9)11/h1,3-6,8,12,15H,7H2,(H,16,17)(H,18,19)/t12-/m0/s1. The SMILES string of the molecule is C#CC(=O)N[C@@H](Cc1c[nH]c2ccccc12)C(=O)O. The van der Waals surface area contributed by atoms with Crippen LogP contribution in [0.2, 0.25) is 0 Å². The van der Waals surface area contributed by atoms with Gasteiger partial charge < -0.3 is 15.4 Å². The van der Waals surface area contributed by atoms with Crippen molar-refractivity contribution in [3.8, 4) is 12.3 Å². The molecule has 1 amide bonds. The van der Waals surface area contributed by atoms with E-state index in [1.165, 1.54) is 0 Å². The van der Waals surface area contributed by atoms with E-state index in [2.05, 4.69) is 10.3 Å². The van der Waals surface area contributed by atoms with Gasteiger partial charge in [-0.05, 0) is 17.6 Å². The van der Waals surface area contributed by atoms with E-state index in [-0.39, 0.29) is 6.42 Å². The summed E-state index contributed by atoms with van der Waals surface area (Å²) < 4.78 is 0. The maximum Gasteiger partial charge on any atom is 0.326 e. The van der Waals surface area contributed by atoms with Gasteiger partial charge in [0.2, 0.25) is 0 Å². The van der Waals surface area contributed by atoms with Gasteiger partial charge in [-0.3, -0.25) is 4.79 Å². The second kappa shape index (κ2) is 5.27. The normalized spacial score (nSPS) is 11.7. The van der Waals surface area contributed by atoms with Crippen molar-refractivity contribution in [1.29, 1.82) is 0 Å². The van der Waals surface area contributed by atoms with Crippen molar-refractivity contribution in [2.75, 3.05) is 0 Å². The molecule has 0 aliphatic carbocycles. The third-order valence-electron chi connectivity index (χ3n) is 2.83. The highest BCUT2D eigenvalue weighted by molar-refractivity contribution is 5.95. The Hall–Kier alpha value is -2.74. The number of terminal acetylenes is 1. The van der Waals surface area contributed by atoms with E-state index >= 15 is 0 Å². The fourth-order valence-corrected chi connectivity index (χ4v) is 1.92. The van der Waals surface area contributed by atoms with Crippen molar-refractivity contribution in [1.82, 2.24) is 10.3 Å². The Labute approximate surface area is 109 Å². The molecule has 0 aliphatic heterocycles. The number of aromatic nitrogens is 1. The van der Waals surface area contributed by atoms with Gasteiger partial charge in [-0.25, -0.2) is 4.79 Å². The number of benzene rings is 1. The summed E-state index contributed by atoms with van der Waals surface area (Å²) in [7, 11) is 0. The summed E-state index contributed by atoms with van der Waals surface area (Å²) in [6.07, 6.45) is 6.84. The Morgan fingerprint density at radius 3 is 2.84 bits per heavy atom. The molecule has 2 aromatic rings. The summed E-state index contributed by atoms with van der Waals surface area (Å²) >= 11 is 0. The van der Waals surface area contributed by atoms with Crippen LogP contribution in [0, 0.1) is 12.3 Å². The number of H-pyrrole nitrogens is 1. The summed E-state index contributed by atoms with van der Waals surface area (Å²) in [5, 5.41) is 12.3. The van der Waals surface area contributed by atoms with E-state index in [9.17, 15) is 9.59 Å². The number of rotatable bonds is 4. The second-order valence-electron chi connectivity index (χ2n) is 4.07. The van der Waals surface area contributed by atoms with Gasteiger partial charge in [-0.15, -0.1) is 6.42 Å². The second-order valence-corrected chi connectivity index (χ2v) is 4.07. The fourth-order valence-electron chi connectivity index (χ4n) is 1.92. The fraction of sp³-hybridized carbons (Fsp3) is 0.143. The topological polar surface area (TPSA) is 82.2 Å². The van der Waals surface area contributed by atoms with Gasteiger partial charge in [0.25, 0.3) is 5.91 Å². The van der Waals surface area contributed by atoms with E-state index in [0.717, 1.165) is 16.5 Å². The zero-order valence-corrected chi connectivity index (χ0v) is 10.0. The van der Waals surface area contributed by atoms with E-state index in [1.54, 1.807) is 6.20 Å². The van der Waals surface area contributed by atoms with Crippen LogP contribution < -0.4 is 5.32 Å². The molecule has 0 unspecified atom stereocenters. The first kappa shape index (κ1) is 12.7. The molecular formula is C14H12N2O3. The molecule has 1 heterocycles. The monoisotopic (exact) mass is 256 g/mol. The highest BCUT2D eigenvalue weighted by Gasteiger charge is 2.20. The number of para-hydroxylation sites is 1. The molecular weight excluding hydrogens is 244 g/mol. The number of carboxylic acid groups (broad SMARTS) is 1. The lowest BCUT2D eigenvalue weighted by Gasteiger charge is -2.11.